The maximum Gasteiger partial charge on any atom is 0.0575 e. The van der Waals surface area contributed by atoms with Crippen LogP contribution in [0.25, 0.3) is 0 Å². The number of nitrogens with one attached hydrogen (secondary N) is 2. The van der Waals surface area contributed by atoms with Crippen LogP contribution in [0.2, 0.25) is 0 Å². The molecule has 2 nitrogen and oxygen atoms in total. The molecule has 0 spiro atoms. The van der Waals surface area contributed by atoms with Crippen LogP contribution in [-0.2, 0) is 0 Å². The predicted octanol–water partition coefficient (Wildman–Crippen LogP) is 1.58. The average molecular weight is 158 g/mol. The van der Waals surface area contributed by atoms with Gasteiger partial charge < -0.3 is 10.6 Å². The summed E-state index contributed by atoms with van der Waals surface area (Å²) in [7, 11) is 2.00. The lowest BCUT2D eigenvalue weighted by Crippen LogP contribution is -2.34. The standard InChI is InChI=1S/C7H16N2.C2H6/c1-7(2)4-6(8-3)9-5-7;1-2/h6,8-9H,4-5H2,1-3H3;1-2H3. The molecule has 0 saturated carbocycles. The van der Waals surface area contributed by atoms with Crippen molar-refractivity contribution in [3.63, 3.8) is 0 Å². The Labute approximate surface area is 70.8 Å². The summed E-state index contributed by atoms with van der Waals surface area (Å²) in [6.07, 6.45) is 1.78. The van der Waals surface area contributed by atoms with Crippen molar-refractivity contribution in [1.29, 1.82) is 0 Å². The third-order valence-corrected chi connectivity index (χ3v) is 1.93. The summed E-state index contributed by atoms with van der Waals surface area (Å²) in [5, 5.41) is 6.59. The van der Waals surface area contributed by atoms with Crippen LogP contribution in [0.4, 0.5) is 0 Å². The van der Waals surface area contributed by atoms with E-state index in [4.69, 9.17) is 0 Å². The van der Waals surface area contributed by atoms with Gasteiger partial charge in [-0.25, -0.2) is 0 Å². The van der Waals surface area contributed by atoms with E-state index in [1.54, 1.807) is 0 Å². The topological polar surface area (TPSA) is 24.1 Å². The van der Waals surface area contributed by atoms with Crippen LogP contribution in [0.15, 0.2) is 0 Å². The summed E-state index contributed by atoms with van der Waals surface area (Å²) in [5.74, 6) is 0. The molecule has 2 N–H and O–H groups in total. The molecule has 0 amide bonds. The lowest BCUT2D eigenvalue weighted by Gasteiger charge is -2.14. The molecule has 0 aromatic heterocycles. The molecular weight excluding hydrogens is 136 g/mol. The molecule has 1 fully saturated rings. The van der Waals surface area contributed by atoms with E-state index in [0.717, 1.165) is 6.54 Å². The Hall–Kier alpha value is -0.0800. The van der Waals surface area contributed by atoms with Crippen molar-refractivity contribution >= 4 is 0 Å². The van der Waals surface area contributed by atoms with E-state index in [9.17, 15) is 0 Å². The van der Waals surface area contributed by atoms with Gasteiger partial charge >= 0.3 is 0 Å². The fourth-order valence-electron chi connectivity index (χ4n) is 1.30. The summed E-state index contributed by atoms with van der Waals surface area (Å²) in [5.41, 5.74) is 0.494. The molecule has 1 saturated heterocycles. The molecule has 68 valence electrons. The highest BCUT2D eigenvalue weighted by molar-refractivity contribution is 4.85. The van der Waals surface area contributed by atoms with Gasteiger partial charge in [0.1, 0.15) is 0 Å². The minimum absolute atomic E-state index is 0.494. The van der Waals surface area contributed by atoms with Gasteiger partial charge in [-0.2, -0.15) is 0 Å². The summed E-state index contributed by atoms with van der Waals surface area (Å²) >= 11 is 0. The van der Waals surface area contributed by atoms with Crippen molar-refractivity contribution in [2.75, 3.05) is 13.6 Å². The first-order valence-corrected chi connectivity index (χ1v) is 4.55. The molecule has 0 bridgehead atoms. The van der Waals surface area contributed by atoms with Crippen LogP contribution in [0, 0.1) is 5.41 Å². The molecule has 1 unspecified atom stereocenters. The highest BCUT2D eigenvalue weighted by Gasteiger charge is 2.28. The van der Waals surface area contributed by atoms with Crippen molar-refractivity contribution in [2.24, 2.45) is 5.41 Å². The van der Waals surface area contributed by atoms with Gasteiger partial charge in [-0.05, 0) is 18.9 Å². The third kappa shape index (κ3) is 3.73. The minimum atomic E-state index is 0.494. The SMILES string of the molecule is CC.CNC1CC(C)(C)CN1. The van der Waals surface area contributed by atoms with Crippen molar-refractivity contribution in [1.82, 2.24) is 10.6 Å². The molecule has 1 heterocycles. The fourth-order valence-corrected chi connectivity index (χ4v) is 1.30. The molecule has 1 aliphatic rings. The Bertz CT molecular complexity index is 99.7. The third-order valence-electron chi connectivity index (χ3n) is 1.93. The second-order valence-corrected chi connectivity index (χ2v) is 3.59. The number of rotatable bonds is 1. The van der Waals surface area contributed by atoms with Crippen LogP contribution in [0.1, 0.15) is 34.1 Å². The highest BCUT2D eigenvalue weighted by Crippen LogP contribution is 2.25. The van der Waals surface area contributed by atoms with E-state index in [0.29, 0.717) is 11.6 Å². The number of hydrogen-bond donors (Lipinski definition) is 2. The van der Waals surface area contributed by atoms with E-state index < -0.39 is 0 Å². The molecule has 1 aliphatic heterocycles. The molecule has 1 atom stereocenters. The highest BCUT2D eigenvalue weighted by atomic mass is 15.1. The van der Waals surface area contributed by atoms with E-state index in [1.165, 1.54) is 6.42 Å². The van der Waals surface area contributed by atoms with E-state index in [1.807, 2.05) is 20.9 Å². The molecule has 0 aromatic carbocycles. The minimum Gasteiger partial charge on any atom is -0.305 e. The van der Waals surface area contributed by atoms with Crippen LogP contribution in [-0.4, -0.2) is 19.8 Å². The number of hydrogen-bond acceptors (Lipinski definition) is 2. The lowest BCUT2D eigenvalue weighted by atomic mass is 9.92. The second kappa shape index (κ2) is 4.73. The van der Waals surface area contributed by atoms with Crippen LogP contribution in [0.5, 0.6) is 0 Å². The summed E-state index contributed by atoms with van der Waals surface area (Å²) in [6.45, 7) is 9.72. The molecule has 1 rings (SSSR count). The monoisotopic (exact) mass is 158 g/mol. The van der Waals surface area contributed by atoms with Gasteiger partial charge in [0.2, 0.25) is 0 Å². The normalized spacial score (nSPS) is 27.5. The summed E-state index contributed by atoms with van der Waals surface area (Å²) < 4.78 is 0. The van der Waals surface area contributed by atoms with Gasteiger partial charge in [0.15, 0.2) is 0 Å². The van der Waals surface area contributed by atoms with Gasteiger partial charge in [0, 0.05) is 6.54 Å². The van der Waals surface area contributed by atoms with Crippen molar-refractivity contribution in [3.8, 4) is 0 Å². The zero-order valence-corrected chi connectivity index (χ0v) is 8.49. The Balaban J connectivity index is 0.000000461. The van der Waals surface area contributed by atoms with Gasteiger partial charge in [0.05, 0.1) is 6.17 Å². The van der Waals surface area contributed by atoms with Gasteiger partial charge in [-0.15, -0.1) is 0 Å². The van der Waals surface area contributed by atoms with Crippen LogP contribution >= 0.6 is 0 Å². The van der Waals surface area contributed by atoms with Gasteiger partial charge in [-0.1, -0.05) is 27.7 Å². The van der Waals surface area contributed by atoms with Crippen molar-refractivity contribution < 1.29 is 0 Å². The largest absolute Gasteiger partial charge is 0.305 e. The first kappa shape index (κ1) is 10.9. The van der Waals surface area contributed by atoms with Crippen LogP contribution in [0.3, 0.4) is 0 Å². The predicted molar refractivity (Wildman–Crippen MR) is 50.6 cm³/mol. The lowest BCUT2D eigenvalue weighted by molar-refractivity contribution is 0.392. The summed E-state index contributed by atoms with van der Waals surface area (Å²) in [6, 6.07) is 0. The Kier molecular flexibility index (Phi) is 4.69. The molecule has 2 heteroatoms. The van der Waals surface area contributed by atoms with Crippen molar-refractivity contribution in [2.45, 2.75) is 40.3 Å². The Morgan fingerprint density at radius 2 is 1.91 bits per heavy atom. The van der Waals surface area contributed by atoms with Crippen LogP contribution < -0.4 is 10.6 Å². The summed E-state index contributed by atoms with van der Waals surface area (Å²) in [4.78, 5) is 0. The second-order valence-electron chi connectivity index (χ2n) is 3.59. The maximum absolute atomic E-state index is 3.39. The molecular formula is C9H22N2. The van der Waals surface area contributed by atoms with E-state index in [-0.39, 0.29) is 0 Å². The smallest absolute Gasteiger partial charge is 0.0575 e. The van der Waals surface area contributed by atoms with Gasteiger partial charge in [0.25, 0.3) is 0 Å². The fraction of sp³-hybridized carbons (Fsp3) is 1.00. The quantitative estimate of drug-likeness (QED) is 0.605. The zero-order valence-electron chi connectivity index (χ0n) is 8.49. The maximum atomic E-state index is 3.39. The Morgan fingerprint density at radius 1 is 1.36 bits per heavy atom. The molecule has 0 radical (unpaired) electrons. The first-order valence-electron chi connectivity index (χ1n) is 4.55. The first-order chi connectivity index (χ1) is 5.14. The van der Waals surface area contributed by atoms with E-state index >= 15 is 0 Å². The molecule has 0 aliphatic carbocycles. The van der Waals surface area contributed by atoms with E-state index in [2.05, 4.69) is 24.5 Å². The van der Waals surface area contributed by atoms with Crippen molar-refractivity contribution in [3.05, 3.63) is 0 Å². The molecule has 0 aromatic rings. The average Bonchev–Trinajstić information content (AvgIpc) is 2.34. The zero-order chi connectivity index (χ0) is 8.91. The van der Waals surface area contributed by atoms with Gasteiger partial charge in [-0.3, -0.25) is 0 Å². The molecule has 11 heavy (non-hydrogen) atoms. The Morgan fingerprint density at radius 3 is 2.09 bits per heavy atom.